The summed E-state index contributed by atoms with van der Waals surface area (Å²) < 4.78 is 7.42. The zero-order valence-electron chi connectivity index (χ0n) is 13.3. The van der Waals surface area contributed by atoms with E-state index in [1.165, 1.54) is 0 Å². The summed E-state index contributed by atoms with van der Waals surface area (Å²) in [6, 6.07) is 2.49. The number of ketones is 1. The zero-order valence-corrected chi connectivity index (χ0v) is 13.3. The number of rotatable bonds is 8. The van der Waals surface area contributed by atoms with E-state index >= 15 is 0 Å². The number of carbonyl (C=O) groups is 1. The van der Waals surface area contributed by atoms with Crippen molar-refractivity contribution in [3.63, 3.8) is 0 Å². The first-order chi connectivity index (χ1) is 10.2. The Morgan fingerprint density at radius 1 is 1.52 bits per heavy atom. The van der Waals surface area contributed by atoms with Crippen molar-refractivity contribution < 1.29 is 9.53 Å². The van der Waals surface area contributed by atoms with E-state index in [2.05, 4.69) is 31.2 Å². The summed E-state index contributed by atoms with van der Waals surface area (Å²) >= 11 is 0. The maximum absolute atomic E-state index is 12.5. The highest BCUT2D eigenvalue weighted by Gasteiger charge is 2.33. The molecule has 1 N–H and O–H groups in total. The highest BCUT2D eigenvalue weighted by molar-refractivity contribution is 5.84. The van der Waals surface area contributed by atoms with Gasteiger partial charge in [0.25, 0.3) is 0 Å². The lowest BCUT2D eigenvalue weighted by Crippen LogP contribution is -2.40. The molecule has 0 saturated carbocycles. The Morgan fingerprint density at radius 3 is 3.05 bits per heavy atom. The van der Waals surface area contributed by atoms with E-state index in [0.717, 1.165) is 25.1 Å². The second-order valence-electron chi connectivity index (χ2n) is 5.89. The number of carbonyl (C=O) groups excluding carboxylic acids is 1. The van der Waals surface area contributed by atoms with Crippen LogP contribution in [0, 0.1) is 5.92 Å². The number of aromatic nitrogens is 2. The molecule has 3 unspecified atom stereocenters. The quantitative estimate of drug-likeness (QED) is 0.796. The predicted octanol–water partition coefficient (Wildman–Crippen LogP) is 1.98. The van der Waals surface area contributed by atoms with E-state index in [-0.39, 0.29) is 17.7 Å². The van der Waals surface area contributed by atoms with Crippen LogP contribution >= 0.6 is 0 Å². The average Bonchev–Trinajstić information content (AvgIpc) is 3.13. The second kappa shape index (κ2) is 7.71. The van der Waals surface area contributed by atoms with Gasteiger partial charge in [0.15, 0.2) is 0 Å². The SMILES string of the molecule is CCCNC1COCC1C(=O)Cc1ccn(C(C)CC)n1. The van der Waals surface area contributed by atoms with Crippen LogP contribution in [0.3, 0.4) is 0 Å². The van der Waals surface area contributed by atoms with Crippen LogP contribution in [0.5, 0.6) is 0 Å². The van der Waals surface area contributed by atoms with Gasteiger partial charge >= 0.3 is 0 Å². The Morgan fingerprint density at radius 2 is 2.33 bits per heavy atom. The number of hydrogen-bond donors (Lipinski definition) is 1. The number of nitrogens with zero attached hydrogens (tertiary/aromatic N) is 2. The zero-order chi connectivity index (χ0) is 15.2. The minimum Gasteiger partial charge on any atom is -0.379 e. The van der Waals surface area contributed by atoms with Crippen molar-refractivity contribution in [1.29, 1.82) is 0 Å². The van der Waals surface area contributed by atoms with Gasteiger partial charge < -0.3 is 10.1 Å². The van der Waals surface area contributed by atoms with E-state index in [1.54, 1.807) is 0 Å². The summed E-state index contributed by atoms with van der Waals surface area (Å²) in [5.74, 6) is 0.195. The molecule has 1 fully saturated rings. The topological polar surface area (TPSA) is 56.1 Å². The van der Waals surface area contributed by atoms with Crippen molar-refractivity contribution in [3.8, 4) is 0 Å². The Bertz CT molecular complexity index is 458. The second-order valence-corrected chi connectivity index (χ2v) is 5.89. The molecule has 1 aliphatic heterocycles. The van der Waals surface area contributed by atoms with Crippen molar-refractivity contribution in [3.05, 3.63) is 18.0 Å². The van der Waals surface area contributed by atoms with E-state index in [1.807, 2.05) is 16.9 Å². The number of Topliss-reactive ketones (excluding diaryl/α,β-unsaturated/α-hetero) is 1. The smallest absolute Gasteiger partial charge is 0.145 e. The molecule has 0 radical (unpaired) electrons. The maximum Gasteiger partial charge on any atom is 0.145 e. The van der Waals surface area contributed by atoms with E-state index in [0.29, 0.717) is 25.7 Å². The first-order valence-electron chi connectivity index (χ1n) is 8.03. The Kier molecular flexibility index (Phi) is 5.94. The number of nitrogens with one attached hydrogen (secondary N) is 1. The van der Waals surface area contributed by atoms with Gasteiger partial charge in [-0.3, -0.25) is 9.48 Å². The molecular weight excluding hydrogens is 266 g/mol. The number of hydrogen-bond acceptors (Lipinski definition) is 4. The maximum atomic E-state index is 12.5. The van der Waals surface area contributed by atoms with Crippen molar-refractivity contribution in [1.82, 2.24) is 15.1 Å². The van der Waals surface area contributed by atoms with Crippen LogP contribution < -0.4 is 5.32 Å². The van der Waals surface area contributed by atoms with Crippen LogP contribution in [-0.2, 0) is 16.0 Å². The standard InChI is InChI=1S/C16H27N3O2/c1-4-7-17-15-11-21-10-14(15)16(20)9-13-6-8-19(18-13)12(3)5-2/h6,8,12,14-15,17H,4-5,7,9-11H2,1-3H3. The third kappa shape index (κ3) is 4.14. The Labute approximate surface area is 127 Å². The fourth-order valence-electron chi connectivity index (χ4n) is 2.62. The van der Waals surface area contributed by atoms with Crippen molar-refractivity contribution >= 4 is 5.78 Å². The van der Waals surface area contributed by atoms with Crippen LogP contribution in [0.1, 0.15) is 45.3 Å². The van der Waals surface area contributed by atoms with Gasteiger partial charge in [-0.15, -0.1) is 0 Å². The lowest BCUT2D eigenvalue weighted by atomic mass is 9.95. The van der Waals surface area contributed by atoms with Crippen LogP contribution in [-0.4, -0.2) is 41.4 Å². The molecule has 0 spiro atoms. The molecule has 0 aliphatic carbocycles. The lowest BCUT2D eigenvalue weighted by Gasteiger charge is -2.17. The average molecular weight is 293 g/mol. The first kappa shape index (κ1) is 16.2. The Balaban J connectivity index is 1.92. The summed E-state index contributed by atoms with van der Waals surface area (Å²) in [6.07, 6.45) is 4.47. The number of ether oxygens (including phenoxy) is 1. The molecule has 0 bridgehead atoms. The minimum atomic E-state index is -0.0368. The van der Waals surface area contributed by atoms with Gasteiger partial charge in [-0.2, -0.15) is 5.10 Å². The molecule has 5 heteroatoms. The first-order valence-corrected chi connectivity index (χ1v) is 8.03. The van der Waals surface area contributed by atoms with Gasteiger partial charge in [-0.05, 0) is 32.4 Å². The van der Waals surface area contributed by atoms with Gasteiger partial charge in [-0.25, -0.2) is 0 Å². The summed E-state index contributed by atoms with van der Waals surface area (Å²) in [5, 5.41) is 7.92. The minimum absolute atomic E-state index is 0.0368. The molecule has 1 aromatic rings. The molecule has 118 valence electrons. The third-order valence-corrected chi connectivity index (χ3v) is 4.21. The van der Waals surface area contributed by atoms with Gasteiger partial charge in [0.1, 0.15) is 5.78 Å². The highest BCUT2D eigenvalue weighted by Crippen LogP contribution is 2.17. The van der Waals surface area contributed by atoms with Gasteiger partial charge in [0.2, 0.25) is 0 Å². The normalized spacial score (nSPS) is 23.4. The predicted molar refractivity (Wildman–Crippen MR) is 82.3 cm³/mol. The van der Waals surface area contributed by atoms with E-state index < -0.39 is 0 Å². The summed E-state index contributed by atoms with van der Waals surface area (Å²) in [4.78, 5) is 12.5. The molecule has 1 aliphatic rings. The molecule has 2 heterocycles. The molecule has 21 heavy (non-hydrogen) atoms. The third-order valence-electron chi connectivity index (χ3n) is 4.21. The van der Waals surface area contributed by atoms with E-state index in [4.69, 9.17) is 4.74 Å². The van der Waals surface area contributed by atoms with E-state index in [9.17, 15) is 4.79 Å². The molecule has 0 aromatic carbocycles. The fraction of sp³-hybridized carbons (Fsp3) is 0.750. The van der Waals surface area contributed by atoms with Gasteiger partial charge in [0.05, 0.1) is 31.2 Å². The molecule has 2 rings (SSSR count). The van der Waals surface area contributed by atoms with Crippen LogP contribution in [0.25, 0.3) is 0 Å². The summed E-state index contributed by atoms with van der Waals surface area (Å²) in [5.41, 5.74) is 0.862. The summed E-state index contributed by atoms with van der Waals surface area (Å²) in [7, 11) is 0. The fourth-order valence-corrected chi connectivity index (χ4v) is 2.62. The molecule has 0 amide bonds. The van der Waals surface area contributed by atoms with Gasteiger partial charge in [0, 0.05) is 18.3 Å². The Hall–Kier alpha value is -1.20. The monoisotopic (exact) mass is 293 g/mol. The molecule has 1 saturated heterocycles. The van der Waals surface area contributed by atoms with Crippen molar-refractivity contribution in [2.45, 2.75) is 52.1 Å². The molecular formula is C16H27N3O2. The van der Waals surface area contributed by atoms with Crippen LogP contribution in [0.2, 0.25) is 0 Å². The molecule has 1 aromatic heterocycles. The molecule has 5 nitrogen and oxygen atoms in total. The van der Waals surface area contributed by atoms with Crippen LogP contribution in [0.15, 0.2) is 12.3 Å². The highest BCUT2D eigenvalue weighted by atomic mass is 16.5. The lowest BCUT2D eigenvalue weighted by molar-refractivity contribution is -0.122. The molecule has 3 atom stereocenters. The van der Waals surface area contributed by atoms with Crippen molar-refractivity contribution in [2.75, 3.05) is 19.8 Å². The summed E-state index contributed by atoms with van der Waals surface area (Å²) in [6.45, 7) is 8.50. The van der Waals surface area contributed by atoms with Crippen molar-refractivity contribution in [2.24, 2.45) is 5.92 Å². The van der Waals surface area contributed by atoms with Crippen LogP contribution in [0.4, 0.5) is 0 Å². The van der Waals surface area contributed by atoms with Gasteiger partial charge in [-0.1, -0.05) is 13.8 Å². The largest absolute Gasteiger partial charge is 0.379 e.